The van der Waals surface area contributed by atoms with Crippen LogP contribution in [0.3, 0.4) is 0 Å². The van der Waals surface area contributed by atoms with Crippen molar-refractivity contribution >= 4 is 18.1 Å². The van der Waals surface area contributed by atoms with Crippen molar-refractivity contribution < 1.29 is 28.5 Å². The summed E-state index contributed by atoms with van der Waals surface area (Å²) in [6.45, 7) is 1.95. The van der Waals surface area contributed by atoms with E-state index in [1.807, 2.05) is 19.1 Å². The fourth-order valence-electron chi connectivity index (χ4n) is 2.92. The van der Waals surface area contributed by atoms with Gasteiger partial charge in [-0.05, 0) is 61.0 Å². The third kappa shape index (κ3) is 5.88. The highest BCUT2D eigenvalue weighted by Gasteiger charge is 2.16. The fraction of sp³-hybridized carbons (Fsp3) is 0.160. The van der Waals surface area contributed by atoms with Crippen LogP contribution in [-0.2, 0) is 0 Å². The number of benzene rings is 3. The van der Waals surface area contributed by atoms with Gasteiger partial charge in [0.2, 0.25) is 5.75 Å². The van der Waals surface area contributed by atoms with Gasteiger partial charge in [-0.25, -0.2) is 10.2 Å². The lowest BCUT2D eigenvalue weighted by atomic mass is 10.1. The number of hydrazone groups is 1. The van der Waals surface area contributed by atoms with E-state index < -0.39 is 11.9 Å². The molecule has 1 amide bonds. The Kier molecular flexibility index (Phi) is 7.64. The Bertz CT molecular complexity index is 1130. The Hall–Kier alpha value is -4.33. The molecule has 3 rings (SSSR count). The zero-order chi connectivity index (χ0) is 23.8. The predicted octanol–water partition coefficient (Wildman–Crippen LogP) is 4.00. The third-order valence-electron chi connectivity index (χ3n) is 4.68. The van der Waals surface area contributed by atoms with Gasteiger partial charge >= 0.3 is 5.97 Å². The van der Waals surface area contributed by atoms with Gasteiger partial charge in [0.15, 0.2) is 11.5 Å². The zero-order valence-corrected chi connectivity index (χ0v) is 18.7. The van der Waals surface area contributed by atoms with E-state index in [-0.39, 0.29) is 0 Å². The van der Waals surface area contributed by atoms with Gasteiger partial charge in [-0.15, -0.1) is 0 Å². The SMILES string of the molecule is COc1cc(C(=O)N/N=C/c2ccc(OC(=O)c3ccc(C)cc3)cc2)cc(OC)c1OC. The summed E-state index contributed by atoms with van der Waals surface area (Å²) in [4.78, 5) is 24.7. The maximum atomic E-state index is 12.5. The Morgan fingerprint density at radius 3 is 1.97 bits per heavy atom. The van der Waals surface area contributed by atoms with Crippen molar-refractivity contribution in [1.82, 2.24) is 5.43 Å². The van der Waals surface area contributed by atoms with Crippen molar-refractivity contribution in [2.45, 2.75) is 6.92 Å². The molecule has 0 bridgehead atoms. The average molecular weight is 448 g/mol. The second-order valence-corrected chi connectivity index (χ2v) is 6.94. The minimum Gasteiger partial charge on any atom is -0.493 e. The van der Waals surface area contributed by atoms with Gasteiger partial charge in [0.1, 0.15) is 5.75 Å². The van der Waals surface area contributed by atoms with Crippen LogP contribution in [0, 0.1) is 6.92 Å². The van der Waals surface area contributed by atoms with Gasteiger partial charge < -0.3 is 18.9 Å². The number of aryl methyl sites for hydroxylation is 1. The van der Waals surface area contributed by atoms with E-state index in [1.54, 1.807) is 36.4 Å². The van der Waals surface area contributed by atoms with Crippen molar-refractivity contribution in [1.29, 1.82) is 0 Å². The quantitative estimate of drug-likeness (QED) is 0.242. The van der Waals surface area contributed by atoms with Gasteiger partial charge in [0.05, 0.1) is 33.1 Å². The number of rotatable bonds is 8. The van der Waals surface area contributed by atoms with Crippen LogP contribution in [-0.4, -0.2) is 39.4 Å². The summed E-state index contributed by atoms with van der Waals surface area (Å²) in [7, 11) is 4.43. The fourth-order valence-corrected chi connectivity index (χ4v) is 2.92. The smallest absolute Gasteiger partial charge is 0.343 e. The first-order valence-electron chi connectivity index (χ1n) is 9.97. The number of ether oxygens (including phenoxy) is 4. The number of carbonyl (C=O) groups excluding carboxylic acids is 2. The van der Waals surface area contributed by atoms with Crippen LogP contribution in [0.15, 0.2) is 65.8 Å². The van der Waals surface area contributed by atoms with Crippen LogP contribution in [0.1, 0.15) is 31.8 Å². The number of amides is 1. The molecule has 0 unspecified atom stereocenters. The first-order chi connectivity index (χ1) is 15.9. The Labute approximate surface area is 191 Å². The molecule has 0 aliphatic heterocycles. The highest BCUT2D eigenvalue weighted by molar-refractivity contribution is 5.96. The average Bonchev–Trinajstić information content (AvgIpc) is 2.84. The lowest BCUT2D eigenvalue weighted by molar-refractivity contribution is 0.0734. The van der Waals surface area contributed by atoms with E-state index in [4.69, 9.17) is 18.9 Å². The Morgan fingerprint density at radius 2 is 1.42 bits per heavy atom. The molecule has 0 aromatic heterocycles. The molecular formula is C25H24N2O6. The summed E-state index contributed by atoms with van der Waals surface area (Å²) in [6.07, 6.45) is 1.47. The second-order valence-electron chi connectivity index (χ2n) is 6.94. The van der Waals surface area contributed by atoms with E-state index in [2.05, 4.69) is 10.5 Å². The largest absolute Gasteiger partial charge is 0.493 e. The molecule has 3 aromatic carbocycles. The molecule has 0 atom stereocenters. The Morgan fingerprint density at radius 1 is 0.818 bits per heavy atom. The Balaban J connectivity index is 1.62. The molecule has 0 heterocycles. The number of nitrogens with one attached hydrogen (secondary N) is 1. The van der Waals surface area contributed by atoms with E-state index >= 15 is 0 Å². The van der Waals surface area contributed by atoms with Crippen LogP contribution < -0.4 is 24.4 Å². The van der Waals surface area contributed by atoms with E-state index in [0.717, 1.165) is 5.56 Å². The first kappa shape index (κ1) is 23.3. The molecule has 8 heteroatoms. The summed E-state index contributed by atoms with van der Waals surface area (Å²) >= 11 is 0. The molecule has 0 saturated heterocycles. The topological polar surface area (TPSA) is 95.5 Å². The van der Waals surface area contributed by atoms with Crippen LogP contribution in [0.25, 0.3) is 0 Å². The van der Waals surface area contributed by atoms with Crippen molar-refractivity contribution in [3.63, 3.8) is 0 Å². The molecule has 3 aromatic rings. The number of carbonyl (C=O) groups is 2. The summed E-state index contributed by atoms with van der Waals surface area (Å²) in [5, 5.41) is 3.97. The molecule has 0 spiro atoms. The molecule has 0 aliphatic carbocycles. The van der Waals surface area contributed by atoms with Crippen molar-refractivity contribution in [2.24, 2.45) is 5.10 Å². The molecule has 170 valence electrons. The molecular weight excluding hydrogens is 424 g/mol. The summed E-state index contributed by atoms with van der Waals surface area (Å²) in [5.41, 5.74) is 4.98. The molecule has 8 nitrogen and oxygen atoms in total. The number of hydrogen-bond acceptors (Lipinski definition) is 7. The summed E-state index contributed by atoms with van der Waals surface area (Å²) in [5.74, 6) is 0.633. The minimum atomic E-state index is -0.450. The second kappa shape index (κ2) is 10.8. The van der Waals surface area contributed by atoms with Gasteiger partial charge in [-0.3, -0.25) is 4.79 Å². The monoisotopic (exact) mass is 448 g/mol. The normalized spacial score (nSPS) is 10.5. The summed E-state index contributed by atoms with van der Waals surface area (Å²) in [6, 6.07) is 16.9. The van der Waals surface area contributed by atoms with E-state index in [0.29, 0.717) is 39.7 Å². The first-order valence-corrected chi connectivity index (χ1v) is 9.97. The van der Waals surface area contributed by atoms with Gasteiger partial charge in [-0.1, -0.05) is 17.7 Å². The van der Waals surface area contributed by atoms with E-state index in [9.17, 15) is 9.59 Å². The summed E-state index contributed by atoms with van der Waals surface area (Å²) < 4.78 is 21.1. The lowest BCUT2D eigenvalue weighted by Crippen LogP contribution is -2.18. The van der Waals surface area contributed by atoms with Gasteiger partial charge in [0, 0.05) is 5.56 Å². The number of nitrogens with zero attached hydrogens (tertiary/aromatic N) is 1. The van der Waals surface area contributed by atoms with Crippen molar-refractivity contribution in [3.05, 3.63) is 82.9 Å². The van der Waals surface area contributed by atoms with Crippen LogP contribution >= 0.6 is 0 Å². The molecule has 0 aliphatic rings. The molecule has 1 N–H and O–H groups in total. The number of hydrogen-bond donors (Lipinski definition) is 1. The lowest BCUT2D eigenvalue weighted by Gasteiger charge is -2.13. The van der Waals surface area contributed by atoms with Crippen LogP contribution in [0.5, 0.6) is 23.0 Å². The number of methoxy groups -OCH3 is 3. The highest BCUT2D eigenvalue weighted by Crippen LogP contribution is 2.38. The third-order valence-corrected chi connectivity index (χ3v) is 4.68. The molecule has 33 heavy (non-hydrogen) atoms. The van der Waals surface area contributed by atoms with Crippen LogP contribution in [0.4, 0.5) is 0 Å². The zero-order valence-electron chi connectivity index (χ0n) is 18.7. The van der Waals surface area contributed by atoms with Crippen molar-refractivity contribution in [3.8, 4) is 23.0 Å². The molecule has 0 radical (unpaired) electrons. The van der Waals surface area contributed by atoms with Gasteiger partial charge in [0.25, 0.3) is 5.91 Å². The standard InChI is InChI=1S/C25H24N2O6/c1-16-5-9-18(10-6-16)25(29)33-20-11-7-17(8-12-20)15-26-27-24(28)19-13-21(30-2)23(32-4)22(14-19)31-3/h5-15H,1-4H3,(H,27,28)/b26-15+. The van der Waals surface area contributed by atoms with Gasteiger partial charge in [-0.2, -0.15) is 5.10 Å². The predicted molar refractivity (Wildman–Crippen MR) is 124 cm³/mol. The molecule has 0 fully saturated rings. The maximum absolute atomic E-state index is 12.5. The molecule has 0 saturated carbocycles. The van der Waals surface area contributed by atoms with Crippen LogP contribution in [0.2, 0.25) is 0 Å². The maximum Gasteiger partial charge on any atom is 0.343 e. The van der Waals surface area contributed by atoms with E-state index in [1.165, 1.54) is 39.7 Å². The number of esters is 1. The van der Waals surface area contributed by atoms with Crippen molar-refractivity contribution in [2.75, 3.05) is 21.3 Å². The minimum absolute atomic E-state index is 0.292. The highest BCUT2D eigenvalue weighted by atomic mass is 16.5.